The highest BCUT2D eigenvalue weighted by molar-refractivity contribution is 7.90. The van der Waals surface area contributed by atoms with Crippen molar-refractivity contribution < 1.29 is 8.42 Å². The summed E-state index contributed by atoms with van der Waals surface area (Å²) in [5, 5.41) is 2.74. The van der Waals surface area contributed by atoms with Crippen LogP contribution in [-0.2, 0) is 17.1 Å². The molecule has 7 heteroatoms. The number of rotatable bonds is 0. The van der Waals surface area contributed by atoms with Crippen LogP contribution in [0.15, 0.2) is 15.8 Å². The number of anilines is 1. The highest BCUT2D eigenvalue weighted by atomic mass is 32.2. The Kier molecular flexibility index (Phi) is 1.26. The van der Waals surface area contributed by atoms with Crippen LogP contribution < -0.4 is 5.32 Å². The molecular formula is C5H6N4O2S. The first-order chi connectivity index (χ1) is 5.61. The topological polar surface area (TPSA) is 76.3 Å². The zero-order valence-corrected chi connectivity index (χ0v) is 7.04. The van der Waals surface area contributed by atoms with Crippen LogP contribution in [0.4, 0.5) is 5.82 Å². The zero-order chi connectivity index (χ0) is 8.77. The van der Waals surface area contributed by atoms with E-state index >= 15 is 0 Å². The van der Waals surface area contributed by atoms with Gasteiger partial charge in [-0.15, -0.1) is 4.40 Å². The van der Waals surface area contributed by atoms with E-state index in [0.29, 0.717) is 5.82 Å². The summed E-state index contributed by atoms with van der Waals surface area (Å²) in [4.78, 5) is 3.83. The van der Waals surface area contributed by atoms with Crippen molar-refractivity contribution in [3.05, 3.63) is 6.33 Å². The van der Waals surface area contributed by atoms with Crippen LogP contribution in [0.2, 0.25) is 0 Å². The molecule has 0 fully saturated rings. The van der Waals surface area contributed by atoms with Crippen LogP contribution in [0.3, 0.4) is 0 Å². The number of fused-ring (bicyclic) bond motifs is 1. The Bertz CT molecular complexity index is 444. The predicted molar refractivity (Wildman–Crippen MR) is 42.5 cm³/mol. The lowest BCUT2D eigenvalue weighted by atomic mass is 10.7. The van der Waals surface area contributed by atoms with Gasteiger partial charge in [0.1, 0.15) is 6.34 Å². The third kappa shape index (κ3) is 0.828. The molecule has 1 aliphatic heterocycles. The minimum atomic E-state index is -3.52. The van der Waals surface area contributed by atoms with Gasteiger partial charge in [-0.3, -0.25) is 0 Å². The second-order valence-electron chi connectivity index (χ2n) is 2.36. The van der Waals surface area contributed by atoms with Crippen molar-refractivity contribution in [1.82, 2.24) is 9.55 Å². The highest BCUT2D eigenvalue weighted by Crippen LogP contribution is 2.22. The Hall–Kier alpha value is -1.37. The van der Waals surface area contributed by atoms with Crippen molar-refractivity contribution in [3.8, 4) is 0 Å². The van der Waals surface area contributed by atoms with Crippen molar-refractivity contribution in [2.24, 2.45) is 11.4 Å². The molecule has 1 aromatic heterocycles. The van der Waals surface area contributed by atoms with E-state index < -0.39 is 10.0 Å². The molecule has 0 unspecified atom stereocenters. The van der Waals surface area contributed by atoms with Gasteiger partial charge >= 0.3 is 10.0 Å². The van der Waals surface area contributed by atoms with Gasteiger partial charge in [0.15, 0.2) is 5.82 Å². The maximum absolute atomic E-state index is 11.3. The Labute approximate surface area is 69.0 Å². The molecule has 0 bridgehead atoms. The number of aromatic nitrogens is 2. The molecule has 0 aliphatic carbocycles. The number of imidazole rings is 1. The maximum Gasteiger partial charge on any atom is 0.303 e. The maximum atomic E-state index is 11.3. The minimum absolute atomic E-state index is 0.102. The first kappa shape index (κ1) is 7.29. The fourth-order valence-electron chi connectivity index (χ4n) is 1.03. The van der Waals surface area contributed by atoms with Gasteiger partial charge in [-0.05, 0) is 0 Å². The molecular weight excluding hydrogens is 180 g/mol. The Morgan fingerprint density at radius 3 is 3.00 bits per heavy atom. The molecule has 0 radical (unpaired) electrons. The van der Waals surface area contributed by atoms with Crippen molar-refractivity contribution in [3.63, 3.8) is 0 Å². The van der Waals surface area contributed by atoms with E-state index in [9.17, 15) is 8.42 Å². The SMILES string of the molecule is Cn1cnc2c1S(=O)(=O)N=CN2. The molecule has 2 rings (SSSR count). The van der Waals surface area contributed by atoms with E-state index in [0.717, 1.165) is 6.34 Å². The van der Waals surface area contributed by atoms with Crippen molar-refractivity contribution in [2.45, 2.75) is 5.03 Å². The Balaban J connectivity index is 2.79. The van der Waals surface area contributed by atoms with Gasteiger partial charge in [0, 0.05) is 7.05 Å². The zero-order valence-electron chi connectivity index (χ0n) is 6.22. The quantitative estimate of drug-likeness (QED) is 0.596. The lowest BCUT2D eigenvalue weighted by molar-refractivity contribution is 0.588. The van der Waals surface area contributed by atoms with Crippen LogP contribution in [0, 0.1) is 0 Å². The molecule has 0 amide bonds. The number of hydrogen-bond acceptors (Lipinski definition) is 4. The molecule has 0 saturated carbocycles. The van der Waals surface area contributed by atoms with Gasteiger partial charge in [0.25, 0.3) is 0 Å². The van der Waals surface area contributed by atoms with Gasteiger partial charge in [0.2, 0.25) is 5.03 Å². The van der Waals surface area contributed by atoms with Gasteiger partial charge in [-0.25, -0.2) is 4.98 Å². The van der Waals surface area contributed by atoms with Gasteiger partial charge in [-0.1, -0.05) is 0 Å². The minimum Gasteiger partial charge on any atom is -0.328 e. The average Bonchev–Trinajstić information content (AvgIpc) is 2.32. The van der Waals surface area contributed by atoms with Crippen LogP contribution >= 0.6 is 0 Å². The molecule has 0 saturated heterocycles. The van der Waals surface area contributed by atoms with Crippen LogP contribution in [0.1, 0.15) is 0 Å². The first-order valence-electron chi connectivity index (χ1n) is 3.18. The van der Waals surface area contributed by atoms with E-state index in [1.165, 1.54) is 10.9 Å². The van der Waals surface area contributed by atoms with Gasteiger partial charge in [-0.2, -0.15) is 8.42 Å². The molecule has 12 heavy (non-hydrogen) atoms. The number of nitrogens with one attached hydrogen (secondary N) is 1. The number of nitrogens with zero attached hydrogens (tertiary/aromatic N) is 3. The summed E-state index contributed by atoms with van der Waals surface area (Å²) in [6.07, 6.45) is 2.54. The van der Waals surface area contributed by atoms with Crippen LogP contribution in [-0.4, -0.2) is 24.3 Å². The molecule has 0 atom stereocenters. The summed E-state index contributed by atoms with van der Waals surface area (Å²) < 4.78 is 27.2. The second kappa shape index (κ2) is 2.07. The first-order valence-corrected chi connectivity index (χ1v) is 4.62. The van der Waals surface area contributed by atoms with Crippen LogP contribution in [0.5, 0.6) is 0 Å². The Morgan fingerprint density at radius 1 is 1.58 bits per heavy atom. The summed E-state index contributed by atoms with van der Waals surface area (Å²) in [6.45, 7) is 0. The monoisotopic (exact) mass is 186 g/mol. The van der Waals surface area contributed by atoms with E-state index in [1.807, 2.05) is 0 Å². The smallest absolute Gasteiger partial charge is 0.303 e. The van der Waals surface area contributed by atoms with Gasteiger partial charge < -0.3 is 9.88 Å². The molecule has 1 aliphatic rings. The number of hydrogen-bond donors (Lipinski definition) is 1. The summed E-state index contributed by atoms with van der Waals surface area (Å²) in [5.41, 5.74) is 0. The lowest BCUT2D eigenvalue weighted by Gasteiger charge is -2.06. The number of sulfonamides is 1. The standard InChI is InChI=1S/C5H6N4O2S/c1-9-3-7-4-5(9)12(10,11)8-2-6-4/h2-3H,1H3,(H,6,8). The summed E-state index contributed by atoms with van der Waals surface area (Å²) in [6, 6.07) is 0. The van der Waals surface area contributed by atoms with Crippen molar-refractivity contribution in [1.29, 1.82) is 0 Å². The van der Waals surface area contributed by atoms with E-state index in [-0.39, 0.29) is 5.03 Å². The Morgan fingerprint density at radius 2 is 2.33 bits per heavy atom. The van der Waals surface area contributed by atoms with Crippen LogP contribution in [0.25, 0.3) is 0 Å². The number of aryl methyl sites for hydroxylation is 1. The van der Waals surface area contributed by atoms with E-state index in [1.54, 1.807) is 7.05 Å². The molecule has 1 N–H and O–H groups in total. The van der Waals surface area contributed by atoms with E-state index in [2.05, 4.69) is 14.7 Å². The lowest BCUT2D eigenvalue weighted by Crippen LogP contribution is -2.13. The second-order valence-corrected chi connectivity index (χ2v) is 3.91. The predicted octanol–water partition coefficient (Wildman–Crippen LogP) is -0.437. The largest absolute Gasteiger partial charge is 0.328 e. The fraction of sp³-hybridized carbons (Fsp3) is 0.200. The van der Waals surface area contributed by atoms with Crippen molar-refractivity contribution >= 4 is 22.2 Å². The average molecular weight is 186 g/mol. The highest BCUT2D eigenvalue weighted by Gasteiger charge is 2.25. The molecule has 64 valence electrons. The normalized spacial score (nSPS) is 18.4. The van der Waals surface area contributed by atoms with E-state index in [4.69, 9.17) is 0 Å². The van der Waals surface area contributed by atoms with Crippen molar-refractivity contribution in [2.75, 3.05) is 5.32 Å². The molecule has 6 nitrogen and oxygen atoms in total. The summed E-state index contributed by atoms with van der Waals surface area (Å²) >= 11 is 0. The molecule has 0 spiro atoms. The summed E-state index contributed by atoms with van der Waals surface area (Å²) in [7, 11) is -1.92. The van der Waals surface area contributed by atoms with Gasteiger partial charge in [0.05, 0.1) is 6.33 Å². The molecule has 0 aromatic carbocycles. The third-order valence-electron chi connectivity index (χ3n) is 1.52. The summed E-state index contributed by atoms with van der Waals surface area (Å²) in [5.74, 6) is 0.326. The molecule has 1 aromatic rings. The fourth-order valence-corrected chi connectivity index (χ4v) is 2.09. The third-order valence-corrected chi connectivity index (χ3v) is 2.87. The molecule has 2 heterocycles.